The molecule has 1 aliphatic rings. The Labute approximate surface area is 102 Å². The molecule has 1 aromatic rings. The van der Waals surface area contributed by atoms with Gasteiger partial charge in [0, 0.05) is 11.8 Å². The average Bonchev–Trinajstić information content (AvgIpc) is 2.81. The molecule has 0 aromatic heterocycles. The molecule has 0 unspecified atom stereocenters. The van der Waals surface area contributed by atoms with Gasteiger partial charge in [-0.1, -0.05) is 31.9 Å². The highest BCUT2D eigenvalue weighted by Gasteiger charge is 2.39. The van der Waals surface area contributed by atoms with Crippen molar-refractivity contribution < 1.29 is 9.18 Å². The maximum atomic E-state index is 12.9. The lowest BCUT2D eigenvalue weighted by Crippen LogP contribution is -2.30. The van der Waals surface area contributed by atoms with E-state index in [9.17, 15) is 9.18 Å². The fourth-order valence-corrected chi connectivity index (χ4v) is 2.97. The van der Waals surface area contributed by atoms with E-state index in [0.717, 1.165) is 37.7 Å². The third kappa shape index (κ3) is 2.56. The number of benzene rings is 1. The van der Waals surface area contributed by atoms with E-state index in [1.54, 1.807) is 12.1 Å². The summed E-state index contributed by atoms with van der Waals surface area (Å²) in [6.45, 7) is 1.94. The SMILES string of the molecule is CCC(=O)C1(Cc2ccc(F)cc2)CCCC1. The molecule has 0 radical (unpaired) electrons. The van der Waals surface area contributed by atoms with Crippen LogP contribution in [0.15, 0.2) is 24.3 Å². The van der Waals surface area contributed by atoms with Crippen LogP contribution < -0.4 is 0 Å². The Balaban J connectivity index is 2.18. The van der Waals surface area contributed by atoms with Crippen LogP contribution in [-0.2, 0) is 11.2 Å². The van der Waals surface area contributed by atoms with Crippen LogP contribution in [0.3, 0.4) is 0 Å². The van der Waals surface area contributed by atoms with Crippen LogP contribution >= 0.6 is 0 Å². The van der Waals surface area contributed by atoms with Crippen molar-refractivity contribution in [2.75, 3.05) is 0 Å². The smallest absolute Gasteiger partial charge is 0.139 e. The normalized spacial score (nSPS) is 18.2. The van der Waals surface area contributed by atoms with Gasteiger partial charge in [-0.3, -0.25) is 4.79 Å². The zero-order valence-electron chi connectivity index (χ0n) is 10.3. The van der Waals surface area contributed by atoms with Crippen LogP contribution in [0.25, 0.3) is 0 Å². The lowest BCUT2D eigenvalue weighted by Gasteiger charge is -2.27. The molecule has 0 spiro atoms. The van der Waals surface area contributed by atoms with E-state index in [1.807, 2.05) is 6.92 Å². The Morgan fingerprint density at radius 1 is 1.24 bits per heavy atom. The van der Waals surface area contributed by atoms with Gasteiger partial charge in [0.15, 0.2) is 0 Å². The van der Waals surface area contributed by atoms with E-state index in [0.29, 0.717) is 12.2 Å². The summed E-state index contributed by atoms with van der Waals surface area (Å²) in [6, 6.07) is 6.57. The Morgan fingerprint density at radius 3 is 2.35 bits per heavy atom. The van der Waals surface area contributed by atoms with Crippen LogP contribution in [0, 0.1) is 11.2 Å². The van der Waals surface area contributed by atoms with Crippen LogP contribution in [-0.4, -0.2) is 5.78 Å². The van der Waals surface area contributed by atoms with Crippen LogP contribution in [0.1, 0.15) is 44.6 Å². The molecule has 0 N–H and O–H groups in total. The number of halogens is 1. The number of hydrogen-bond donors (Lipinski definition) is 0. The Hall–Kier alpha value is -1.18. The predicted octanol–water partition coefficient (Wildman–Crippen LogP) is 3.91. The Morgan fingerprint density at radius 2 is 1.82 bits per heavy atom. The molecule has 0 atom stereocenters. The summed E-state index contributed by atoms with van der Waals surface area (Å²) in [5, 5.41) is 0. The fraction of sp³-hybridized carbons (Fsp3) is 0.533. The van der Waals surface area contributed by atoms with Crippen LogP contribution in [0.2, 0.25) is 0 Å². The number of hydrogen-bond acceptors (Lipinski definition) is 1. The highest BCUT2D eigenvalue weighted by molar-refractivity contribution is 5.85. The molecular formula is C15H19FO. The summed E-state index contributed by atoms with van der Waals surface area (Å²) in [5.74, 6) is 0.162. The summed E-state index contributed by atoms with van der Waals surface area (Å²) < 4.78 is 12.9. The molecule has 0 saturated heterocycles. The Kier molecular flexibility index (Phi) is 3.60. The van der Waals surface area contributed by atoms with Crippen molar-refractivity contribution in [3.8, 4) is 0 Å². The minimum Gasteiger partial charge on any atom is -0.299 e. The van der Waals surface area contributed by atoms with Crippen molar-refractivity contribution in [2.45, 2.75) is 45.4 Å². The van der Waals surface area contributed by atoms with E-state index >= 15 is 0 Å². The van der Waals surface area contributed by atoms with Gasteiger partial charge < -0.3 is 0 Å². The zero-order chi connectivity index (χ0) is 12.3. The van der Waals surface area contributed by atoms with Gasteiger partial charge in [0.2, 0.25) is 0 Å². The number of ketones is 1. The van der Waals surface area contributed by atoms with E-state index < -0.39 is 0 Å². The third-order valence-corrected chi connectivity index (χ3v) is 3.93. The quantitative estimate of drug-likeness (QED) is 0.772. The maximum Gasteiger partial charge on any atom is 0.139 e. The largest absolute Gasteiger partial charge is 0.299 e. The maximum absolute atomic E-state index is 12.9. The van der Waals surface area contributed by atoms with Gasteiger partial charge in [-0.2, -0.15) is 0 Å². The molecule has 2 rings (SSSR count). The van der Waals surface area contributed by atoms with Crippen molar-refractivity contribution in [1.29, 1.82) is 0 Å². The van der Waals surface area contributed by atoms with E-state index in [2.05, 4.69) is 0 Å². The minimum absolute atomic E-state index is 0.160. The molecule has 2 heteroatoms. The molecule has 1 saturated carbocycles. The highest BCUT2D eigenvalue weighted by atomic mass is 19.1. The van der Waals surface area contributed by atoms with Gasteiger partial charge in [-0.15, -0.1) is 0 Å². The first kappa shape index (κ1) is 12.3. The van der Waals surface area contributed by atoms with Gasteiger partial charge in [0.25, 0.3) is 0 Å². The fourth-order valence-electron chi connectivity index (χ4n) is 2.97. The lowest BCUT2D eigenvalue weighted by atomic mass is 9.75. The summed E-state index contributed by atoms with van der Waals surface area (Å²) in [5.41, 5.74) is 0.919. The molecular weight excluding hydrogens is 215 g/mol. The molecule has 1 nitrogen and oxygen atoms in total. The second-order valence-corrected chi connectivity index (χ2v) is 5.07. The topological polar surface area (TPSA) is 17.1 Å². The predicted molar refractivity (Wildman–Crippen MR) is 66.3 cm³/mol. The van der Waals surface area contributed by atoms with E-state index in [4.69, 9.17) is 0 Å². The first-order valence-corrected chi connectivity index (χ1v) is 6.44. The molecule has 0 amide bonds. The molecule has 1 fully saturated rings. The number of rotatable bonds is 4. The molecule has 1 aromatic carbocycles. The zero-order valence-corrected chi connectivity index (χ0v) is 10.3. The minimum atomic E-state index is -0.212. The van der Waals surface area contributed by atoms with E-state index in [1.165, 1.54) is 12.1 Å². The molecule has 0 aliphatic heterocycles. The summed E-state index contributed by atoms with van der Waals surface area (Å²) in [6.07, 6.45) is 5.68. The van der Waals surface area contributed by atoms with Crippen molar-refractivity contribution >= 4 is 5.78 Å². The molecule has 17 heavy (non-hydrogen) atoms. The third-order valence-electron chi connectivity index (χ3n) is 3.93. The van der Waals surface area contributed by atoms with Gasteiger partial charge in [0.1, 0.15) is 11.6 Å². The van der Waals surface area contributed by atoms with Crippen LogP contribution in [0.4, 0.5) is 4.39 Å². The molecule has 0 heterocycles. The summed E-state index contributed by atoms with van der Waals surface area (Å²) >= 11 is 0. The average molecular weight is 234 g/mol. The van der Waals surface area contributed by atoms with Gasteiger partial charge in [-0.05, 0) is 37.0 Å². The molecule has 92 valence electrons. The van der Waals surface area contributed by atoms with Crippen molar-refractivity contribution in [3.05, 3.63) is 35.6 Å². The number of Topliss-reactive ketones (excluding diaryl/α,β-unsaturated/α-hetero) is 1. The first-order chi connectivity index (χ1) is 8.16. The van der Waals surface area contributed by atoms with Gasteiger partial charge in [-0.25, -0.2) is 4.39 Å². The van der Waals surface area contributed by atoms with Gasteiger partial charge in [0.05, 0.1) is 0 Å². The monoisotopic (exact) mass is 234 g/mol. The number of carbonyl (C=O) groups is 1. The van der Waals surface area contributed by atoms with Gasteiger partial charge >= 0.3 is 0 Å². The molecule has 0 bridgehead atoms. The van der Waals surface area contributed by atoms with Crippen LogP contribution in [0.5, 0.6) is 0 Å². The standard InChI is InChI=1S/C15H19FO/c1-2-14(17)15(9-3-4-10-15)11-12-5-7-13(16)8-6-12/h5-8H,2-4,9-11H2,1H3. The lowest BCUT2D eigenvalue weighted by molar-refractivity contribution is -0.128. The van der Waals surface area contributed by atoms with E-state index in [-0.39, 0.29) is 11.2 Å². The molecule has 1 aliphatic carbocycles. The van der Waals surface area contributed by atoms with Crippen molar-refractivity contribution in [1.82, 2.24) is 0 Å². The second kappa shape index (κ2) is 4.99. The summed E-state index contributed by atoms with van der Waals surface area (Å²) in [7, 11) is 0. The van der Waals surface area contributed by atoms with Crippen molar-refractivity contribution in [2.24, 2.45) is 5.41 Å². The second-order valence-electron chi connectivity index (χ2n) is 5.07. The Bertz CT molecular complexity index is 388. The summed E-state index contributed by atoms with van der Waals surface area (Å²) in [4.78, 5) is 12.1. The highest BCUT2D eigenvalue weighted by Crippen LogP contribution is 2.42. The first-order valence-electron chi connectivity index (χ1n) is 6.44. The number of carbonyl (C=O) groups excluding carboxylic acids is 1. The van der Waals surface area contributed by atoms with Crippen molar-refractivity contribution in [3.63, 3.8) is 0 Å².